The largest absolute Gasteiger partial charge is 0.464 e. The summed E-state index contributed by atoms with van der Waals surface area (Å²) in [4.78, 5) is 40.0. The van der Waals surface area contributed by atoms with Gasteiger partial charge in [0, 0.05) is 6.42 Å². The van der Waals surface area contributed by atoms with Crippen LogP contribution in [0.1, 0.15) is 50.5 Å². The van der Waals surface area contributed by atoms with Crippen LogP contribution in [0, 0.1) is 0 Å². The lowest BCUT2D eigenvalue weighted by molar-refractivity contribution is -0.204. The summed E-state index contributed by atoms with van der Waals surface area (Å²) in [5.41, 5.74) is 0.921. The average Bonchev–Trinajstić information content (AvgIpc) is 2.70. The van der Waals surface area contributed by atoms with Gasteiger partial charge in [0.05, 0.1) is 12.7 Å². The first-order chi connectivity index (χ1) is 13.2. The van der Waals surface area contributed by atoms with Gasteiger partial charge in [0.1, 0.15) is 13.2 Å². The number of benzene rings is 1. The number of nitrogens with zero attached hydrogens (tertiary/aromatic N) is 1. The molecule has 0 heterocycles. The topological polar surface area (TPSA) is 82.1 Å². The highest BCUT2D eigenvalue weighted by atomic mass is 16.7. The third kappa shape index (κ3) is 8.68. The molecule has 148 valence electrons. The van der Waals surface area contributed by atoms with Gasteiger partial charge < -0.3 is 9.47 Å². The summed E-state index contributed by atoms with van der Waals surface area (Å²) in [7, 11) is 0. The van der Waals surface area contributed by atoms with E-state index in [9.17, 15) is 14.4 Å². The molecule has 1 amide bonds. The van der Waals surface area contributed by atoms with Crippen LogP contribution in [-0.2, 0) is 35.3 Å². The second kappa shape index (κ2) is 12.1. The molecule has 1 aliphatic carbocycles. The van der Waals surface area contributed by atoms with Gasteiger partial charge in [0.2, 0.25) is 6.41 Å². The summed E-state index contributed by atoms with van der Waals surface area (Å²) in [6.07, 6.45) is 6.11. The maximum atomic E-state index is 11.8. The Balaban J connectivity index is 1.55. The van der Waals surface area contributed by atoms with Crippen molar-refractivity contribution < 1.29 is 28.7 Å². The van der Waals surface area contributed by atoms with Crippen LogP contribution >= 0.6 is 0 Å². The van der Waals surface area contributed by atoms with E-state index >= 15 is 0 Å². The zero-order valence-electron chi connectivity index (χ0n) is 15.5. The maximum absolute atomic E-state index is 11.8. The lowest BCUT2D eigenvalue weighted by Crippen LogP contribution is -2.35. The molecule has 1 aliphatic rings. The Kier molecular flexibility index (Phi) is 9.34. The molecule has 0 radical (unpaired) electrons. The number of amides is 1. The van der Waals surface area contributed by atoms with Gasteiger partial charge >= 0.3 is 11.9 Å². The van der Waals surface area contributed by atoms with E-state index in [1.54, 1.807) is 0 Å². The molecule has 0 spiro atoms. The molecule has 7 heteroatoms. The minimum atomic E-state index is -0.560. The molecule has 0 unspecified atom stereocenters. The molecule has 1 fully saturated rings. The van der Waals surface area contributed by atoms with Crippen LogP contribution in [0.3, 0.4) is 0 Å². The predicted octanol–water partition coefficient (Wildman–Crippen LogP) is 2.78. The Morgan fingerprint density at radius 1 is 1.04 bits per heavy atom. The van der Waals surface area contributed by atoms with Crippen LogP contribution in [0.15, 0.2) is 30.3 Å². The van der Waals surface area contributed by atoms with E-state index in [-0.39, 0.29) is 38.3 Å². The van der Waals surface area contributed by atoms with Crippen molar-refractivity contribution in [2.75, 3.05) is 13.2 Å². The lowest BCUT2D eigenvalue weighted by Gasteiger charge is -2.26. The van der Waals surface area contributed by atoms with Gasteiger partial charge in [0.15, 0.2) is 0 Å². The highest BCUT2D eigenvalue weighted by Crippen LogP contribution is 2.20. The monoisotopic (exact) mass is 377 g/mol. The Hall–Kier alpha value is -2.41. The van der Waals surface area contributed by atoms with Gasteiger partial charge in [-0.05, 0) is 24.8 Å². The first-order valence-corrected chi connectivity index (χ1v) is 9.41. The number of hydrogen-bond donors (Lipinski definition) is 0. The van der Waals surface area contributed by atoms with E-state index in [0.29, 0.717) is 12.8 Å². The van der Waals surface area contributed by atoms with Gasteiger partial charge in [-0.25, -0.2) is 5.06 Å². The summed E-state index contributed by atoms with van der Waals surface area (Å²) in [6.45, 7) is 0.0696. The van der Waals surface area contributed by atoms with Crippen LogP contribution in [0.5, 0.6) is 0 Å². The zero-order valence-corrected chi connectivity index (χ0v) is 15.5. The van der Waals surface area contributed by atoms with E-state index in [4.69, 9.17) is 14.3 Å². The Morgan fingerprint density at radius 3 is 2.48 bits per heavy atom. The molecule has 1 saturated carbocycles. The number of hydrogen-bond acceptors (Lipinski definition) is 6. The summed E-state index contributed by atoms with van der Waals surface area (Å²) in [5.74, 6) is -0.902. The fraction of sp³-hybridized carbons (Fsp3) is 0.550. The number of carbonyl (C=O) groups is 3. The fourth-order valence-corrected chi connectivity index (χ4v) is 2.85. The van der Waals surface area contributed by atoms with Crippen molar-refractivity contribution in [3.05, 3.63) is 35.9 Å². The van der Waals surface area contributed by atoms with Crippen LogP contribution in [0.4, 0.5) is 0 Å². The Morgan fingerprint density at radius 2 is 1.78 bits per heavy atom. The molecule has 7 nitrogen and oxygen atoms in total. The van der Waals surface area contributed by atoms with Gasteiger partial charge in [0.25, 0.3) is 0 Å². The van der Waals surface area contributed by atoms with Crippen molar-refractivity contribution in [3.8, 4) is 0 Å². The molecule has 1 aromatic rings. The van der Waals surface area contributed by atoms with E-state index < -0.39 is 5.97 Å². The van der Waals surface area contributed by atoms with Crippen LogP contribution in [0.2, 0.25) is 0 Å². The summed E-state index contributed by atoms with van der Waals surface area (Å²) >= 11 is 0. The highest BCUT2D eigenvalue weighted by Gasteiger charge is 2.19. The molecular formula is C20H27NO6. The van der Waals surface area contributed by atoms with Gasteiger partial charge in [-0.15, -0.1) is 0 Å². The third-order valence-corrected chi connectivity index (χ3v) is 4.27. The van der Waals surface area contributed by atoms with Gasteiger partial charge in [-0.2, -0.15) is 0 Å². The molecule has 1 aromatic carbocycles. The van der Waals surface area contributed by atoms with Crippen molar-refractivity contribution in [2.45, 2.75) is 57.7 Å². The maximum Gasteiger partial charge on any atom is 0.328 e. The number of hydroxylamine groups is 2. The molecule has 0 bridgehead atoms. The summed E-state index contributed by atoms with van der Waals surface area (Å²) < 4.78 is 10.2. The lowest BCUT2D eigenvalue weighted by atomic mass is 9.98. The molecular weight excluding hydrogens is 350 g/mol. The minimum Gasteiger partial charge on any atom is -0.464 e. The first-order valence-electron chi connectivity index (χ1n) is 9.41. The van der Waals surface area contributed by atoms with Gasteiger partial charge in [-0.3, -0.25) is 19.2 Å². The van der Waals surface area contributed by atoms with E-state index in [1.807, 2.05) is 30.3 Å². The van der Waals surface area contributed by atoms with Crippen molar-refractivity contribution >= 4 is 18.3 Å². The predicted molar refractivity (Wildman–Crippen MR) is 97.2 cm³/mol. The fourth-order valence-electron chi connectivity index (χ4n) is 2.85. The standard InChI is InChI=1S/C20H27NO6/c22-16-21(27-18-10-5-2-6-11-18)14-20(24)25-13-7-12-19(23)26-15-17-8-3-1-4-9-17/h1,3-4,8-9,16,18H,2,5-7,10-15H2. The second-order valence-corrected chi connectivity index (χ2v) is 6.52. The smallest absolute Gasteiger partial charge is 0.328 e. The number of esters is 2. The van der Waals surface area contributed by atoms with E-state index in [1.165, 1.54) is 6.42 Å². The van der Waals surface area contributed by atoms with Gasteiger partial charge in [-0.1, -0.05) is 49.6 Å². The molecule has 0 atom stereocenters. The number of rotatable bonds is 11. The SMILES string of the molecule is O=CN(CC(=O)OCCCC(=O)OCc1ccccc1)OC1CCCCC1. The summed E-state index contributed by atoms with van der Waals surface area (Å²) in [5, 5.41) is 0.993. The first kappa shape index (κ1) is 20.9. The molecule has 0 aliphatic heterocycles. The van der Waals surface area contributed by atoms with Crippen molar-refractivity contribution in [1.29, 1.82) is 0 Å². The van der Waals surface area contributed by atoms with Crippen LogP contribution < -0.4 is 0 Å². The summed E-state index contributed by atoms with van der Waals surface area (Å²) in [6, 6.07) is 9.41. The normalized spacial score (nSPS) is 14.4. The molecule has 0 N–H and O–H groups in total. The second-order valence-electron chi connectivity index (χ2n) is 6.52. The average molecular weight is 377 g/mol. The molecule has 0 saturated heterocycles. The quantitative estimate of drug-likeness (QED) is 0.255. The zero-order chi connectivity index (χ0) is 19.3. The van der Waals surface area contributed by atoms with Crippen molar-refractivity contribution in [3.63, 3.8) is 0 Å². The number of carbonyl (C=O) groups excluding carboxylic acids is 3. The van der Waals surface area contributed by atoms with Crippen molar-refractivity contribution in [2.24, 2.45) is 0 Å². The van der Waals surface area contributed by atoms with E-state index in [2.05, 4.69) is 0 Å². The molecule has 27 heavy (non-hydrogen) atoms. The Labute approximate surface area is 159 Å². The highest BCUT2D eigenvalue weighted by molar-refractivity contribution is 5.73. The number of ether oxygens (including phenoxy) is 2. The van der Waals surface area contributed by atoms with Crippen molar-refractivity contribution in [1.82, 2.24) is 5.06 Å². The van der Waals surface area contributed by atoms with E-state index in [0.717, 1.165) is 36.3 Å². The third-order valence-electron chi connectivity index (χ3n) is 4.27. The van der Waals surface area contributed by atoms with Crippen LogP contribution in [-0.4, -0.2) is 42.7 Å². The minimum absolute atomic E-state index is 0.0175. The molecule has 0 aromatic heterocycles. The Bertz CT molecular complexity index is 585. The molecule has 2 rings (SSSR count). The van der Waals surface area contributed by atoms with Crippen LogP contribution in [0.25, 0.3) is 0 Å².